The van der Waals surface area contributed by atoms with Gasteiger partial charge < -0.3 is 16.0 Å². The monoisotopic (exact) mass is 517 g/mol. The molecule has 1 aliphatic carbocycles. The Morgan fingerprint density at radius 3 is 2.58 bits per heavy atom. The number of fused-ring (bicyclic) bond motifs is 1. The lowest BCUT2D eigenvalue weighted by Crippen LogP contribution is -2.53. The first kappa shape index (κ1) is 27.6. The SMILES string of the molecule is CCC(C(=N)C(=O)C(NC(=O)C(C)NC)C1CCCCC1)c1ccnc(N2C(=O)CCc3ccccc32)c1. The first-order valence-electron chi connectivity index (χ1n) is 13.8. The number of ketones is 1. The highest BCUT2D eigenvalue weighted by atomic mass is 16.2. The lowest BCUT2D eigenvalue weighted by Gasteiger charge is -2.32. The summed E-state index contributed by atoms with van der Waals surface area (Å²) in [5, 5.41) is 14.9. The van der Waals surface area contributed by atoms with Crippen molar-refractivity contribution in [2.24, 2.45) is 5.92 Å². The molecule has 4 rings (SSSR count). The van der Waals surface area contributed by atoms with Crippen molar-refractivity contribution in [3.8, 4) is 0 Å². The Labute approximate surface area is 225 Å². The molecule has 0 spiro atoms. The summed E-state index contributed by atoms with van der Waals surface area (Å²) < 4.78 is 0. The lowest BCUT2D eigenvalue weighted by atomic mass is 9.78. The molecule has 3 atom stereocenters. The maximum Gasteiger partial charge on any atom is 0.237 e. The Kier molecular flexibility index (Phi) is 9.05. The van der Waals surface area contributed by atoms with Crippen molar-refractivity contribution in [3.63, 3.8) is 0 Å². The topological polar surface area (TPSA) is 115 Å². The number of aryl methyl sites for hydroxylation is 1. The normalized spacial score (nSPS) is 18.3. The zero-order valence-electron chi connectivity index (χ0n) is 22.6. The fourth-order valence-electron chi connectivity index (χ4n) is 5.67. The van der Waals surface area contributed by atoms with Crippen molar-refractivity contribution in [1.82, 2.24) is 15.6 Å². The van der Waals surface area contributed by atoms with Crippen LogP contribution >= 0.6 is 0 Å². The van der Waals surface area contributed by atoms with Crippen molar-refractivity contribution >= 4 is 34.8 Å². The highest BCUT2D eigenvalue weighted by Gasteiger charge is 2.36. The van der Waals surface area contributed by atoms with Crippen LogP contribution in [0.15, 0.2) is 42.6 Å². The van der Waals surface area contributed by atoms with E-state index in [-0.39, 0.29) is 29.2 Å². The molecule has 3 N–H and O–H groups in total. The van der Waals surface area contributed by atoms with Gasteiger partial charge >= 0.3 is 0 Å². The average Bonchev–Trinajstić information content (AvgIpc) is 2.95. The average molecular weight is 518 g/mol. The molecule has 8 heteroatoms. The van der Waals surface area contributed by atoms with E-state index in [1.54, 1.807) is 25.1 Å². The van der Waals surface area contributed by atoms with Crippen LogP contribution in [-0.2, 0) is 20.8 Å². The van der Waals surface area contributed by atoms with E-state index in [0.29, 0.717) is 25.1 Å². The smallest absolute Gasteiger partial charge is 0.237 e. The van der Waals surface area contributed by atoms with Crippen molar-refractivity contribution in [1.29, 1.82) is 5.41 Å². The summed E-state index contributed by atoms with van der Waals surface area (Å²) in [5.74, 6) is -0.518. The third-order valence-corrected chi connectivity index (χ3v) is 8.04. The summed E-state index contributed by atoms with van der Waals surface area (Å²) >= 11 is 0. The number of pyridine rings is 1. The number of likely N-dealkylation sites (N-methyl/N-ethyl adjacent to an activating group) is 1. The highest BCUT2D eigenvalue weighted by molar-refractivity contribution is 6.42. The standard InChI is InChI=1S/C30H39N5O3/c1-4-23(27(31)29(37)28(21-11-6-5-7-12-21)34-30(38)19(2)32-3)22-16-17-33-25(18-22)35-24-13-9-8-10-20(24)14-15-26(35)36/h8-10,13,16-19,21,23,28,31-32H,4-7,11-12,14-15H2,1-3H3,(H,34,38). The molecule has 2 amide bonds. The van der Waals surface area contributed by atoms with Gasteiger partial charge in [-0.25, -0.2) is 4.98 Å². The second-order valence-corrected chi connectivity index (χ2v) is 10.4. The van der Waals surface area contributed by atoms with Gasteiger partial charge in [0.05, 0.1) is 23.5 Å². The number of hydrogen-bond acceptors (Lipinski definition) is 6. The number of para-hydroxylation sites is 1. The second-order valence-electron chi connectivity index (χ2n) is 10.4. The number of Topliss-reactive ketones (excluding diaryl/α,β-unsaturated/α-hetero) is 1. The summed E-state index contributed by atoms with van der Waals surface area (Å²) in [7, 11) is 1.71. The fraction of sp³-hybridized carbons (Fsp3) is 0.500. The molecule has 1 aromatic carbocycles. The number of hydrogen-bond donors (Lipinski definition) is 3. The number of aromatic nitrogens is 1. The number of anilines is 2. The molecule has 1 fully saturated rings. The predicted molar refractivity (Wildman–Crippen MR) is 149 cm³/mol. The number of benzene rings is 1. The molecule has 1 saturated carbocycles. The number of nitrogens with one attached hydrogen (secondary N) is 3. The second kappa shape index (κ2) is 12.4. The van der Waals surface area contributed by atoms with Gasteiger partial charge in [-0.2, -0.15) is 0 Å². The van der Waals surface area contributed by atoms with E-state index in [9.17, 15) is 14.4 Å². The van der Waals surface area contributed by atoms with Gasteiger partial charge in [0.2, 0.25) is 11.8 Å². The van der Waals surface area contributed by atoms with Crippen LogP contribution in [0.3, 0.4) is 0 Å². The molecule has 3 unspecified atom stereocenters. The summed E-state index contributed by atoms with van der Waals surface area (Å²) in [6.07, 6.45) is 8.19. The molecular weight excluding hydrogens is 478 g/mol. The molecule has 2 aromatic rings. The van der Waals surface area contributed by atoms with E-state index in [1.807, 2.05) is 43.3 Å². The van der Waals surface area contributed by atoms with Gasteiger partial charge in [0.15, 0.2) is 5.78 Å². The molecule has 0 bridgehead atoms. The summed E-state index contributed by atoms with van der Waals surface area (Å²) in [6, 6.07) is 10.3. The van der Waals surface area contributed by atoms with E-state index in [0.717, 1.165) is 48.9 Å². The van der Waals surface area contributed by atoms with E-state index < -0.39 is 18.0 Å². The maximum absolute atomic E-state index is 13.8. The molecule has 1 aliphatic heterocycles. The van der Waals surface area contributed by atoms with Crippen LogP contribution in [0.1, 0.15) is 75.8 Å². The molecule has 1 aromatic heterocycles. The quantitative estimate of drug-likeness (QED) is 0.403. The number of carbonyl (C=O) groups excluding carboxylic acids is 3. The van der Waals surface area contributed by atoms with Crippen LogP contribution in [0.2, 0.25) is 0 Å². The van der Waals surface area contributed by atoms with Crippen molar-refractivity contribution in [3.05, 3.63) is 53.7 Å². The van der Waals surface area contributed by atoms with E-state index in [4.69, 9.17) is 5.41 Å². The van der Waals surface area contributed by atoms with Crippen LogP contribution in [-0.4, -0.2) is 47.4 Å². The lowest BCUT2D eigenvalue weighted by molar-refractivity contribution is -0.127. The van der Waals surface area contributed by atoms with Crippen LogP contribution in [0.25, 0.3) is 0 Å². The zero-order valence-corrected chi connectivity index (χ0v) is 22.6. The Balaban J connectivity index is 1.61. The zero-order chi connectivity index (χ0) is 27.2. The summed E-state index contributed by atoms with van der Waals surface area (Å²) in [6.45, 7) is 3.71. The minimum Gasteiger partial charge on any atom is -0.344 e. The molecule has 38 heavy (non-hydrogen) atoms. The van der Waals surface area contributed by atoms with Crippen LogP contribution in [0.4, 0.5) is 11.5 Å². The van der Waals surface area contributed by atoms with Crippen LogP contribution in [0, 0.1) is 11.3 Å². The predicted octanol–water partition coefficient (Wildman–Crippen LogP) is 4.45. The molecular formula is C30H39N5O3. The summed E-state index contributed by atoms with van der Waals surface area (Å²) in [5.41, 5.74) is 2.68. The number of nitrogens with zero attached hydrogens (tertiary/aromatic N) is 2. The fourth-order valence-corrected chi connectivity index (χ4v) is 5.67. The van der Waals surface area contributed by atoms with Crippen LogP contribution in [0.5, 0.6) is 0 Å². The van der Waals surface area contributed by atoms with Gasteiger partial charge in [0.1, 0.15) is 5.82 Å². The molecule has 0 radical (unpaired) electrons. The molecule has 2 aliphatic rings. The van der Waals surface area contributed by atoms with Crippen molar-refractivity contribution in [2.45, 2.75) is 83.2 Å². The molecule has 202 valence electrons. The first-order chi connectivity index (χ1) is 18.3. The maximum atomic E-state index is 13.8. The minimum absolute atomic E-state index is 0.0111. The highest BCUT2D eigenvalue weighted by Crippen LogP contribution is 2.35. The Bertz CT molecular complexity index is 1190. The summed E-state index contributed by atoms with van der Waals surface area (Å²) in [4.78, 5) is 45.7. The molecule has 2 heterocycles. The van der Waals surface area contributed by atoms with Gasteiger partial charge in [-0.3, -0.25) is 19.3 Å². The van der Waals surface area contributed by atoms with Gasteiger partial charge in [-0.05, 0) is 74.9 Å². The van der Waals surface area contributed by atoms with Crippen LogP contribution < -0.4 is 15.5 Å². The molecule has 0 saturated heterocycles. The number of amides is 2. The van der Waals surface area contributed by atoms with Gasteiger partial charge in [-0.1, -0.05) is 44.4 Å². The van der Waals surface area contributed by atoms with E-state index in [2.05, 4.69) is 15.6 Å². The van der Waals surface area contributed by atoms with Gasteiger partial charge in [0, 0.05) is 18.5 Å². The Hall–Kier alpha value is -3.39. The van der Waals surface area contributed by atoms with Gasteiger partial charge in [-0.15, -0.1) is 0 Å². The van der Waals surface area contributed by atoms with Crippen molar-refractivity contribution < 1.29 is 14.4 Å². The van der Waals surface area contributed by atoms with Crippen molar-refractivity contribution in [2.75, 3.05) is 11.9 Å². The Morgan fingerprint density at radius 2 is 1.87 bits per heavy atom. The third-order valence-electron chi connectivity index (χ3n) is 8.04. The first-order valence-corrected chi connectivity index (χ1v) is 13.8. The third kappa shape index (κ3) is 5.85. The largest absolute Gasteiger partial charge is 0.344 e. The van der Waals surface area contributed by atoms with E-state index >= 15 is 0 Å². The van der Waals surface area contributed by atoms with Gasteiger partial charge in [0.25, 0.3) is 0 Å². The number of rotatable bonds is 10. The number of carbonyl (C=O) groups is 3. The molecule has 8 nitrogen and oxygen atoms in total. The minimum atomic E-state index is -0.711. The Morgan fingerprint density at radius 1 is 1.13 bits per heavy atom. The van der Waals surface area contributed by atoms with E-state index in [1.165, 1.54) is 0 Å².